The molecule has 0 bridgehead atoms. The van der Waals surface area contributed by atoms with Gasteiger partial charge in [-0.2, -0.15) is 0 Å². The van der Waals surface area contributed by atoms with Crippen LogP contribution in [0.25, 0.3) is 0 Å². The maximum absolute atomic E-state index is 12.7. The highest BCUT2D eigenvalue weighted by molar-refractivity contribution is 6.09. The maximum atomic E-state index is 12.7. The molecule has 0 radical (unpaired) electrons. The predicted molar refractivity (Wildman–Crippen MR) is 88.2 cm³/mol. The summed E-state index contributed by atoms with van der Waals surface area (Å²) in [5.41, 5.74) is 0.905. The summed E-state index contributed by atoms with van der Waals surface area (Å²) in [6.07, 6.45) is 0. The Hall–Kier alpha value is -3.02. The number of ether oxygens (including phenoxy) is 2. The van der Waals surface area contributed by atoms with Crippen LogP contribution in [-0.2, 0) is 10.3 Å². The Balaban J connectivity index is 2.18. The topological polar surface area (TPSA) is 76.7 Å². The van der Waals surface area contributed by atoms with Crippen molar-refractivity contribution in [1.29, 1.82) is 0 Å². The summed E-state index contributed by atoms with van der Waals surface area (Å²) in [5.74, 6) is 0.972. The zero-order valence-electron chi connectivity index (χ0n) is 13.7. The molecule has 6 heteroatoms. The molecule has 6 nitrogen and oxygen atoms in total. The van der Waals surface area contributed by atoms with E-state index in [9.17, 15) is 9.59 Å². The van der Waals surface area contributed by atoms with Gasteiger partial charge in [-0.1, -0.05) is 18.2 Å². The van der Waals surface area contributed by atoms with Crippen LogP contribution in [0.2, 0.25) is 0 Å². The molecule has 3 amide bonds. The number of hydrogen-bond donors (Lipinski definition) is 2. The lowest BCUT2D eigenvalue weighted by Crippen LogP contribution is -2.44. The molecule has 24 heavy (non-hydrogen) atoms. The molecule has 2 N–H and O–H groups in total. The van der Waals surface area contributed by atoms with Crippen LogP contribution in [0.1, 0.15) is 16.7 Å². The third-order valence-electron chi connectivity index (χ3n) is 4.22. The van der Waals surface area contributed by atoms with Crippen LogP contribution in [0.3, 0.4) is 0 Å². The van der Waals surface area contributed by atoms with Crippen LogP contribution in [0.4, 0.5) is 4.79 Å². The lowest BCUT2D eigenvalue weighted by atomic mass is 9.82. The van der Waals surface area contributed by atoms with E-state index in [1.165, 1.54) is 0 Å². The van der Waals surface area contributed by atoms with Gasteiger partial charge in [0.05, 0.1) is 14.2 Å². The number of carbonyl (C=O) groups is 2. The van der Waals surface area contributed by atoms with Gasteiger partial charge in [0.1, 0.15) is 11.5 Å². The van der Waals surface area contributed by atoms with Gasteiger partial charge in [-0.25, -0.2) is 4.79 Å². The molecule has 0 aromatic heterocycles. The van der Waals surface area contributed by atoms with Gasteiger partial charge in [-0.15, -0.1) is 0 Å². The molecule has 0 aliphatic carbocycles. The van der Waals surface area contributed by atoms with Crippen LogP contribution < -0.4 is 20.1 Å². The molecule has 1 aliphatic rings. The summed E-state index contributed by atoms with van der Waals surface area (Å²) in [7, 11) is 3.16. The minimum absolute atomic E-state index is 0.415. The zero-order chi connectivity index (χ0) is 17.3. The van der Waals surface area contributed by atoms with Crippen molar-refractivity contribution in [2.75, 3.05) is 14.2 Å². The normalized spacial score (nSPS) is 19.6. The summed E-state index contributed by atoms with van der Waals surface area (Å²) in [6.45, 7) is 1.89. The van der Waals surface area contributed by atoms with E-state index >= 15 is 0 Å². The number of carbonyl (C=O) groups excluding carboxylic acids is 2. The average Bonchev–Trinajstić information content (AvgIpc) is 2.90. The summed E-state index contributed by atoms with van der Waals surface area (Å²) in [6, 6.07) is 11.9. The van der Waals surface area contributed by atoms with Crippen molar-refractivity contribution in [1.82, 2.24) is 10.6 Å². The maximum Gasteiger partial charge on any atom is 0.322 e. The molecule has 1 atom stereocenters. The highest BCUT2D eigenvalue weighted by atomic mass is 16.5. The van der Waals surface area contributed by atoms with Crippen LogP contribution in [-0.4, -0.2) is 26.2 Å². The largest absolute Gasteiger partial charge is 0.497 e. The van der Waals surface area contributed by atoms with Gasteiger partial charge in [-0.05, 0) is 47.9 Å². The molecule has 3 rings (SSSR count). The van der Waals surface area contributed by atoms with E-state index in [1.807, 2.05) is 13.0 Å². The van der Waals surface area contributed by atoms with Crippen LogP contribution >= 0.6 is 0 Å². The molecule has 2 aromatic carbocycles. The Morgan fingerprint density at radius 2 is 1.58 bits per heavy atom. The zero-order valence-corrected chi connectivity index (χ0v) is 13.7. The number of hydrogen-bond acceptors (Lipinski definition) is 4. The number of methoxy groups -OCH3 is 2. The Bertz CT molecular complexity index is 801. The van der Waals surface area contributed by atoms with Gasteiger partial charge >= 0.3 is 6.03 Å². The fourth-order valence-corrected chi connectivity index (χ4v) is 2.98. The van der Waals surface area contributed by atoms with Gasteiger partial charge in [0.15, 0.2) is 5.54 Å². The molecule has 1 heterocycles. The number of rotatable bonds is 4. The Morgan fingerprint density at radius 3 is 2.08 bits per heavy atom. The van der Waals surface area contributed by atoms with Crippen molar-refractivity contribution in [3.8, 4) is 11.5 Å². The van der Waals surface area contributed by atoms with Crippen LogP contribution in [0.15, 0.2) is 42.5 Å². The quantitative estimate of drug-likeness (QED) is 0.844. The first-order valence-corrected chi connectivity index (χ1v) is 7.44. The van der Waals surface area contributed by atoms with E-state index in [1.54, 1.807) is 50.6 Å². The average molecular weight is 326 g/mol. The Kier molecular flexibility index (Phi) is 3.89. The first-order valence-electron chi connectivity index (χ1n) is 7.44. The number of nitrogens with one attached hydrogen (secondary N) is 2. The van der Waals surface area contributed by atoms with Gasteiger partial charge in [-0.3, -0.25) is 10.1 Å². The van der Waals surface area contributed by atoms with E-state index < -0.39 is 17.5 Å². The van der Waals surface area contributed by atoms with E-state index in [0.717, 1.165) is 5.56 Å². The molecule has 2 aromatic rings. The lowest BCUT2D eigenvalue weighted by Gasteiger charge is -2.28. The standard InChI is InChI=1S/C18H18N2O4/c1-11-10-13(6-9-15(11)24-3)18(16(21)19-17(22)20-18)12-4-7-14(23-2)8-5-12/h4-10H,1-3H3,(H2,19,20,21,22). The van der Waals surface area contributed by atoms with Crippen molar-refractivity contribution in [2.45, 2.75) is 12.5 Å². The summed E-state index contributed by atoms with van der Waals surface area (Å²) < 4.78 is 10.4. The summed E-state index contributed by atoms with van der Waals surface area (Å²) >= 11 is 0. The Labute approximate surface area is 139 Å². The highest BCUT2D eigenvalue weighted by Crippen LogP contribution is 2.35. The van der Waals surface area contributed by atoms with Gasteiger partial charge in [0.25, 0.3) is 5.91 Å². The molecule has 1 unspecified atom stereocenters. The molecule has 1 aliphatic heterocycles. The van der Waals surface area contributed by atoms with Gasteiger partial charge < -0.3 is 14.8 Å². The first kappa shape index (κ1) is 15.9. The smallest absolute Gasteiger partial charge is 0.322 e. The van der Waals surface area contributed by atoms with E-state index in [4.69, 9.17) is 9.47 Å². The minimum Gasteiger partial charge on any atom is -0.497 e. The summed E-state index contributed by atoms with van der Waals surface area (Å²) in [5, 5.41) is 5.10. The minimum atomic E-state index is -1.28. The predicted octanol–water partition coefficient (Wildman–Crippen LogP) is 2.10. The number of imide groups is 1. The third kappa shape index (κ3) is 2.36. The molecule has 1 saturated heterocycles. The first-order chi connectivity index (χ1) is 11.5. The van der Waals surface area contributed by atoms with Crippen molar-refractivity contribution < 1.29 is 19.1 Å². The molecular weight excluding hydrogens is 308 g/mol. The van der Waals surface area contributed by atoms with Crippen molar-refractivity contribution in [3.63, 3.8) is 0 Å². The highest BCUT2D eigenvalue weighted by Gasteiger charge is 2.49. The number of aryl methyl sites for hydroxylation is 1. The Morgan fingerprint density at radius 1 is 0.917 bits per heavy atom. The second-order valence-corrected chi connectivity index (χ2v) is 5.57. The van der Waals surface area contributed by atoms with Gasteiger partial charge in [0, 0.05) is 0 Å². The molecule has 1 fully saturated rings. The fraction of sp³-hybridized carbons (Fsp3) is 0.222. The molecule has 0 saturated carbocycles. The van der Waals surface area contributed by atoms with Crippen LogP contribution in [0.5, 0.6) is 11.5 Å². The van der Waals surface area contributed by atoms with Gasteiger partial charge in [0.2, 0.25) is 0 Å². The number of benzene rings is 2. The molecule has 0 spiro atoms. The van der Waals surface area contributed by atoms with Crippen LogP contribution in [0, 0.1) is 6.92 Å². The molecule has 124 valence electrons. The monoisotopic (exact) mass is 326 g/mol. The van der Waals surface area contributed by atoms with E-state index in [0.29, 0.717) is 22.6 Å². The fourth-order valence-electron chi connectivity index (χ4n) is 2.98. The van der Waals surface area contributed by atoms with E-state index in [2.05, 4.69) is 10.6 Å². The second kappa shape index (κ2) is 5.88. The summed E-state index contributed by atoms with van der Waals surface area (Å²) in [4.78, 5) is 24.5. The number of urea groups is 1. The molecular formula is C18H18N2O4. The SMILES string of the molecule is COc1ccc(C2(c3ccc(OC)c(C)c3)NC(=O)NC2=O)cc1. The number of amides is 3. The second-order valence-electron chi connectivity index (χ2n) is 5.57. The third-order valence-corrected chi connectivity index (χ3v) is 4.22. The van der Waals surface area contributed by atoms with Crippen molar-refractivity contribution in [3.05, 3.63) is 59.2 Å². The van der Waals surface area contributed by atoms with E-state index in [-0.39, 0.29) is 0 Å². The lowest BCUT2D eigenvalue weighted by molar-refractivity contribution is -0.122. The van der Waals surface area contributed by atoms with Crippen molar-refractivity contribution in [2.24, 2.45) is 0 Å². The van der Waals surface area contributed by atoms with Crippen molar-refractivity contribution >= 4 is 11.9 Å².